The molecule has 2 atom stereocenters. The van der Waals surface area contributed by atoms with Gasteiger partial charge >= 0.3 is 0 Å². The molecule has 1 saturated heterocycles. The molecule has 2 aromatic carbocycles. The van der Waals surface area contributed by atoms with Crippen LogP contribution in [-0.4, -0.2) is 38.1 Å². The fourth-order valence-electron chi connectivity index (χ4n) is 3.11. The minimum absolute atomic E-state index is 0.363. The number of rotatable bonds is 4. The molecule has 26 heavy (non-hydrogen) atoms. The lowest BCUT2D eigenvalue weighted by atomic mass is 10.1. The standard InChI is InChI=1S/C18H16N4O4/c1-25-13-8-6-11(7-9-13)21-17(23)15-16(18(21)24)22(20-19-15)12-4-3-5-14(10-12)26-2/h3-10,15-16H,1-2H3/t15-,16-/m1/s1. The lowest BCUT2D eigenvalue weighted by Gasteiger charge is -2.21. The van der Waals surface area contributed by atoms with E-state index in [-0.39, 0.29) is 11.8 Å². The van der Waals surface area contributed by atoms with Gasteiger partial charge in [-0.2, -0.15) is 5.11 Å². The van der Waals surface area contributed by atoms with E-state index in [0.717, 1.165) is 4.90 Å². The summed E-state index contributed by atoms with van der Waals surface area (Å²) in [5, 5.41) is 9.53. The van der Waals surface area contributed by atoms with Crippen LogP contribution in [0.3, 0.4) is 0 Å². The predicted octanol–water partition coefficient (Wildman–Crippen LogP) is 2.20. The first-order valence-electron chi connectivity index (χ1n) is 8.00. The first-order valence-corrected chi connectivity index (χ1v) is 8.00. The van der Waals surface area contributed by atoms with Crippen molar-refractivity contribution in [2.45, 2.75) is 12.1 Å². The maximum Gasteiger partial charge on any atom is 0.263 e. The Balaban J connectivity index is 1.66. The van der Waals surface area contributed by atoms with Crippen molar-refractivity contribution in [2.24, 2.45) is 10.3 Å². The average molecular weight is 352 g/mol. The van der Waals surface area contributed by atoms with Gasteiger partial charge in [0.15, 0.2) is 12.1 Å². The highest BCUT2D eigenvalue weighted by Crippen LogP contribution is 2.36. The number of anilines is 2. The number of fused-ring (bicyclic) bond motifs is 1. The maximum atomic E-state index is 13.0. The first-order chi connectivity index (χ1) is 12.6. The number of amides is 2. The zero-order chi connectivity index (χ0) is 18.3. The Morgan fingerprint density at radius 2 is 1.62 bits per heavy atom. The smallest absolute Gasteiger partial charge is 0.263 e. The molecule has 0 saturated carbocycles. The minimum Gasteiger partial charge on any atom is -0.497 e. The highest BCUT2D eigenvalue weighted by molar-refractivity contribution is 6.26. The van der Waals surface area contributed by atoms with E-state index in [0.29, 0.717) is 22.9 Å². The number of benzene rings is 2. The molecule has 0 unspecified atom stereocenters. The van der Waals surface area contributed by atoms with Gasteiger partial charge < -0.3 is 9.47 Å². The lowest BCUT2D eigenvalue weighted by Crippen LogP contribution is -2.39. The topological polar surface area (TPSA) is 83.8 Å². The minimum atomic E-state index is -0.851. The van der Waals surface area contributed by atoms with Crippen molar-refractivity contribution < 1.29 is 19.1 Å². The summed E-state index contributed by atoms with van der Waals surface area (Å²) in [4.78, 5) is 26.8. The molecule has 2 aromatic rings. The van der Waals surface area contributed by atoms with Gasteiger partial charge in [-0.3, -0.25) is 9.59 Å². The number of hydrogen-bond donors (Lipinski definition) is 0. The van der Waals surface area contributed by atoms with Crippen LogP contribution in [-0.2, 0) is 9.59 Å². The quantitative estimate of drug-likeness (QED) is 0.788. The van der Waals surface area contributed by atoms with Gasteiger partial charge in [-0.25, -0.2) is 9.91 Å². The molecule has 2 aliphatic rings. The summed E-state index contributed by atoms with van der Waals surface area (Å²) in [7, 11) is 3.11. The molecule has 132 valence electrons. The van der Waals surface area contributed by atoms with Gasteiger partial charge in [-0.05, 0) is 36.4 Å². The Labute approximate surface area is 149 Å². The van der Waals surface area contributed by atoms with Crippen molar-refractivity contribution in [2.75, 3.05) is 24.1 Å². The fourth-order valence-corrected chi connectivity index (χ4v) is 3.11. The monoisotopic (exact) mass is 352 g/mol. The molecular weight excluding hydrogens is 336 g/mol. The normalized spacial score (nSPS) is 21.3. The second kappa shape index (κ2) is 6.14. The first kappa shape index (κ1) is 16.1. The van der Waals surface area contributed by atoms with E-state index in [1.54, 1.807) is 62.8 Å². The van der Waals surface area contributed by atoms with Gasteiger partial charge in [-0.1, -0.05) is 11.3 Å². The molecular formula is C18H16N4O4. The molecule has 0 N–H and O–H groups in total. The Bertz CT molecular complexity index is 896. The Kier molecular flexibility index (Phi) is 3.80. The fraction of sp³-hybridized carbons (Fsp3) is 0.222. The third-order valence-electron chi connectivity index (χ3n) is 4.43. The molecule has 2 heterocycles. The number of ether oxygens (including phenoxy) is 2. The third-order valence-corrected chi connectivity index (χ3v) is 4.43. The van der Waals surface area contributed by atoms with Crippen molar-refractivity contribution >= 4 is 23.2 Å². The van der Waals surface area contributed by atoms with Crippen molar-refractivity contribution in [3.05, 3.63) is 48.5 Å². The van der Waals surface area contributed by atoms with E-state index in [1.807, 2.05) is 0 Å². The van der Waals surface area contributed by atoms with E-state index < -0.39 is 12.1 Å². The number of carbonyl (C=O) groups excluding carboxylic acids is 2. The zero-order valence-corrected chi connectivity index (χ0v) is 14.2. The van der Waals surface area contributed by atoms with Crippen LogP contribution in [0.4, 0.5) is 11.4 Å². The Morgan fingerprint density at radius 1 is 0.885 bits per heavy atom. The highest BCUT2D eigenvalue weighted by atomic mass is 16.5. The van der Waals surface area contributed by atoms with Crippen LogP contribution >= 0.6 is 0 Å². The third kappa shape index (κ3) is 2.38. The van der Waals surface area contributed by atoms with Crippen LogP contribution in [0.1, 0.15) is 0 Å². The molecule has 2 amide bonds. The summed E-state index contributed by atoms with van der Waals surface area (Å²) in [5.74, 6) is 0.521. The van der Waals surface area contributed by atoms with E-state index in [4.69, 9.17) is 9.47 Å². The summed E-state index contributed by atoms with van der Waals surface area (Å²) in [6.07, 6.45) is 0. The molecule has 0 bridgehead atoms. The van der Waals surface area contributed by atoms with Crippen molar-refractivity contribution in [1.29, 1.82) is 0 Å². The SMILES string of the molecule is COc1ccc(N2C(=O)[C@@H]3N=NN(c4cccc(OC)c4)[C@H]3C2=O)cc1. The van der Waals surface area contributed by atoms with Crippen LogP contribution < -0.4 is 19.4 Å². The number of carbonyl (C=O) groups is 2. The van der Waals surface area contributed by atoms with Crippen LogP contribution in [0.2, 0.25) is 0 Å². The van der Waals surface area contributed by atoms with E-state index in [2.05, 4.69) is 10.3 Å². The van der Waals surface area contributed by atoms with Gasteiger partial charge in [0.25, 0.3) is 11.8 Å². The van der Waals surface area contributed by atoms with Crippen LogP contribution in [0.15, 0.2) is 58.9 Å². The second-order valence-electron chi connectivity index (χ2n) is 5.85. The van der Waals surface area contributed by atoms with Gasteiger partial charge in [0, 0.05) is 6.07 Å². The van der Waals surface area contributed by atoms with Crippen LogP contribution in [0.25, 0.3) is 0 Å². The maximum absolute atomic E-state index is 13.0. The summed E-state index contributed by atoms with van der Waals surface area (Å²) in [6, 6.07) is 12.2. The number of imide groups is 1. The number of nitrogens with zero attached hydrogens (tertiary/aromatic N) is 4. The van der Waals surface area contributed by atoms with Gasteiger partial charge in [0.2, 0.25) is 0 Å². The predicted molar refractivity (Wildman–Crippen MR) is 93.4 cm³/mol. The lowest BCUT2D eigenvalue weighted by molar-refractivity contribution is -0.121. The Hall–Kier alpha value is -3.42. The van der Waals surface area contributed by atoms with Crippen LogP contribution in [0, 0.1) is 0 Å². The molecule has 8 heteroatoms. The molecule has 4 rings (SSSR count). The molecule has 0 aliphatic carbocycles. The molecule has 8 nitrogen and oxygen atoms in total. The van der Waals surface area contributed by atoms with E-state index in [1.165, 1.54) is 5.01 Å². The Morgan fingerprint density at radius 3 is 2.31 bits per heavy atom. The van der Waals surface area contributed by atoms with Gasteiger partial charge in [0.1, 0.15) is 11.5 Å². The highest BCUT2D eigenvalue weighted by Gasteiger charge is 2.55. The summed E-state index contributed by atoms with van der Waals surface area (Å²) in [6.45, 7) is 0. The van der Waals surface area contributed by atoms with Crippen molar-refractivity contribution in [1.82, 2.24) is 0 Å². The van der Waals surface area contributed by atoms with Gasteiger partial charge in [-0.15, -0.1) is 0 Å². The van der Waals surface area contributed by atoms with Crippen molar-refractivity contribution in [3.8, 4) is 11.5 Å². The molecule has 1 fully saturated rings. The molecule has 0 radical (unpaired) electrons. The zero-order valence-electron chi connectivity index (χ0n) is 14.2. The molecule has 2 aliphatic heterocycles. The van der Waals surface area contributed by atoms with Crippen LogP contribution in [0.5, 0.6) is 11.5 Å². The number of methoxy groups -OCH3 is 2. The summed E-state index contributed by atoms with van der Waals surface area (Å²) in [5.41, 5.74) is 1.12. The summed E-state index contributed by atoms with van der Waals surface area (Å²) >= 11 is 0. The number of hydrogen-bond acceptors (Lipinski definition) is 7. The average Bonchev–Trinajstić information content (AvgIpc) is 3.22. The van der Waals surface area contributed by atoms with E-state index in [9.17, 15) is 9.59 Å². The molecule has 0 aromatic heterocycles. The van der Waals surface area contributed by atoms with Crippen molar-refractivity contribution in [3.63, 3.8) is 0 Å². The summed E-state index contributed by atoms with van der Waals surface area (Å²) < 4.78 is 10.3. The molecule has 0 spiro atoms. The second-order valence-corrected chi connectivity index (χ2v) is 5.85. The largest absolute Gasteiger partial charge is 0.497 e. The van der Waals surface area contributed by atoms with Gasteiger partial charge in [0.05, 0.1) is 25.6 Å². The van der Waals surface area contributed by atoms with E-state index >= 15 is 0 Å².